The van der Waals surface area contributed by atoms with Crippen molar-refractivity contribution in [2.45, 2.75) is 76.8 Å². The molecule has 4 bridgehead atoms. The Morgan fingerprint density at radius 2 is 1.33 bits per heavy atom. The number of carbonyl (C=O) groups excluding carboxylic acids is 5. The number of ketones is 3. The average Bonchev–Trinajstić information content (AvgIpc) is 3.29. The van der Waals surface area contributed by atoms with Crippen LogP contribution in [0.15, 0.2) is 115 Å². The number of carboxylic acid groups (broad SMARTS) is 1. The van der Waals surface area contributed by atoms with Crippen LogP contribution in [-0.2, 0) is 30.4 Å². The van der Waals surface area contributed by atoms with Gasteiger partial charge in [0.25, 0.3) is 0 Å². The molecule has 6 rings (SSSR count). The Morgan fingerprint density at radius 3 is 1.95 bits per heavy atom. The minimum absolute atomic E-state index is 0.0676. The van der Waals surface area contributed by atoms with E-state index in [1.807, 2.05) is 42.5 Å². The van der Waals surface area contributed by atoms with Crippen molar-refractivity contribution < 1.29 is 44.1 Å². The molecule has 0 radical (unpaired) electrons. The molecule has 1 unspecified atom stereocenters. The number of amides is 2. The molecule has 12 heteroatoms. The van der Waals surface area contributed by atoms with E-state index in [0.29, 0.717) is 42.5 Å². The summed E-state index contributed by atoms with van der Waals surface area (Å²) < 4.78 is 0. The van der Waals surface area contributed by atoms with Crippen LogP contribution in [-0.4, -0.2) is 75.0 Å². The molecule has 64 heavy (non-hydrogen) atoms. The zero-order valence-corrected chi connectivity index (χ0v) is 36.2. The zero-order valence-electron chi connectivity index (χ0n) is 36.2. The topological polar surface area (TPSA) is 204 Å². The molecule has 0 aliphatic carbocycles. The highest BCUT2D eigenvalue weighted by Gasteiger charge is 2.36. The maximum absolute atomic E-state index is 14.5. The molecule has 1 aliphatic rings. The normalized spacial score (nSPS) is 16.8. The van der Waals surface area contributed by atoms with Crippen LogP contribution in [0.5, 0.6) is 11.5 Å². The Hall–Kier alpha value is -6.92. The van der Waals surface area contributed by atoms with Crippen molar-refractivity contribution >= 4 is 35.1 Å². The van der Waals surface area contributed by atoms with Crippen LogP contribution in [0.2, 0.25) is 0 Å². The first-order valence-electron chi connectivity index (χ1n) is 21.7. The van der Waals surface area contributed by atoms with Gasteiger partial charge in [0, 0.05) is 67.7 Å². The van der Waals surface area contributed by atoms with Crippen molar-refractivity contribution in [2.24, 2.45) is 17.6 Å². The van der Waals surface area contributed by atoms with Crippen molar-refractivity contribution in [3.8, 4) is 44.9 Å². The summed E-state index contributed by atoms with van der Waals surface area (Å²) >= 11 is 0. The highest BCUT2D eigenvalue weighted by atomic mass is 16.4. The molecule has 12 nitrogen and oxygen atoms in total. The monoisotopic (exact) mass is 865 g/mol. The lowest BCUT2D eigenvalue weighted by molar-refractivity contribution is -0.144. The maximum atomic E-state index is 14.5. The number of benzene rings is 5. The number of aliphatic carboxylic acids is 1. The van der Waals surface area contributed by atoms with E-state index < -0.39 is 47.5 Å². The summed E-state index contributed by atoms with van der Waals surface area (Å²) in [5.74, 6) is -5.55. The number of Topliss-reactive ketones (excluding diaryl/α,β-unsaturated/α-hetero) is 3. The molecule has 2 amide bonds. The summed E-state index contributed by atoms with van der Waals surface area (Å²) in [6.07, 6.45) is 1.33. The number of likely N-dealkylation sites (N-methyl/N-ethyl adjacent to an activating group) is 1. The number of nitrogens with one attached hydrogen (secondary N) is 1. The molecule has 0 saturated carbocycles. The van der Waals surface area contributed by atoms with Gasteiger partial charge < -0.3 is 31.3 Å². The Bertz CT molecular complexity index is 2480. The maximum Gasteiger partial charge on any atom is 0.326 e. The number of nitrogens with two attached hydrogens (primary N) is 1. The van der Waals surface area contributed by atoms with E-state index in [1.54, 1.807) is 12.1 Å². The van der Waals surface area contributed by atoms with Crippen LogP contribution < -0.4 is 11.1 Å². The first-order chi connectivity index (χ1) is 30.7. The van der Waals surface area contributed by atoms with Crippen LogP contribution in [0, 0.1) is 11.8 Å². The second kappa shape index (κ2) is 21.4. The Balaban J connectivity index is 1.16. The smallest absolute Gasteiger partial charge is 0.326 e. The minimum Gasteiger partial charge on any atom is -0.507 e. The van der Waals surface area contributed by atoms with Gasteiger partial charge >= 0.3 is 5.97 Å². The Labute approximate surface area is 373 Å². The number of fused-ring (bicyclic) bond motifs is 5. The summed E-state index contributed by atoms with van der Waals surface area (Å²) in [7, 11) is 1.45. The van der Waals surface area contributed by atoms with Crippen molar-refractivity contribution in [1.29, 1.82) is 0 Å². The summed E-state index contributed by atoms with van der Waals surface area (Å²) in [5, 5.41) is 34.3. The van der Waals surface area contributed by atoms with Gasteiger partial charge in [-0.15, -0.1) is 0 Å². The molecular formula is C52H55N3O9. The van der Waals surface area contributed by atoms with Crippen molar-refractivity contribution in [3.05, 3.63) is 132 Å². The van der Waals surface area contributed by atoms with Crippen LogP contribution in [0.1, 0.15) is 85.8 Å². The number of hydrogen-bond acceptors (Lipinski definition) is 9. The van der Waals surface area contributed by atoms with Gasteiger partial charge in [0.1, 0.15) is 29.4 Å². The summed E-state index contributed by atoms with van der Waals surface area (Å²) in [4.78, 5) is 82.3. The molecule has 1 aliphatic heterocycles. The zero-order chi connectivity index (χ0) is 45.9. The number of carboxylic acids is 1. The van der Waals surface area contributed by atoms with Gasteiger partial charge in [-0.25, -0.2) is 4.79 Å². The molecule has 0 saturated heterocycles. The van der Waals surface area contributed by atoms with Gasteiger partial charge in [-0.05, 0) is 83.5 Å². The van der Waals surface area contributed by atoms with Crippen LogP contribution in [0.4, 0.5) is 0 Å². The number of phenolic OH excluding ortho intramolecular Hbond substituents is 2. The number of unbranched alkanes of at least 4 members (excludes halogenated alkanes) is 1. The molecule has 0 fully saturated rings. The van der Waals surface area contributed by atoms with E-state index in [2.05, 4.69) is 29.6 Å². The van der Waals surface area contributed by atoms with Gasteiger partial charge in [-0.2, -0.15) is 0 Å². The Morgan fingerprint density at radius 1 is 0.734 bits per heavy atom. The molecule has 0 aromatic heterocycles. The summed E-state index contributed by atoms with van der Waals surface area (Å²) in [6.45, 7) is 1.88. The third-order valence-electron chi connectivity index (χ3n) is 12.0. The first kappa shape index (κ1) is 46.6. The molecule has 0 spiro atoms. The second-order valence-electron chi connectivity index (χ2n) is 16.7. The third kappa shape index (κ3) is 11.6. The van der Waals surface area contributed by atoms with Gasteiger partial charge in [0.05, 0.1) is 0 Å². The van der Waals surface area contributed by atoms with Gasteiger partial charge in [0.2, 0.25) is 11.8 Å². The average molecular weight is 866 g/mol. The summed E-state index contributed by atoms with van der Waals surface area (Å²) in [6, 6.07) is 31.8. The SMILES string of the molecule is C[C@@H]1CC(=O)[C@@H](N(C)C(=O)C(CCCCN)CC(=O)CCCC(=O)c2ccc(-c3ccc(-c4ccccc4)cc3)cc2)c2ccc(O)c(c2)-c2cc(ccc2O)C[C@@H](C(=O)O)NC1=O. The first-order valence-corrected chi connectivity index (χ1v) is 21.7. The van der Waals surface area contributed by atoms with Crippen molar-refractivity contribution in [1.82, 2.24) is 10.2 Å². The lowest BCUT2D eigenvalue weighted by Gasteiger charge is -2.32. The van der Waals surface area contributed by atoms with E-state index in [1.165, 1.54) is 55.3 Å². The molecule has 5 aromatic rings. The van der Waals surface area contributed by atoms with E-state index in [9.17, 15) is 44.1 Å². The lowest BCUT2D eigenvalue weighted by atomic mass is 9.88. The van der Waals surface area contributed by atoms with E-state index in [0.717, 1.165) is 22.3 Å². The highest BCUT2D eigenvalue weighted by molar-refractivity contribution is 5.97. The predicted molar refractivity (Wildman–Crippen MR) is 244 cm³/mol. The molecular weight excluding hydrogens is 811 g/mol. The van der Waals surface area contributed by atoms with Gasteiger partial charge in [-0.3, -0.25) is 24.0 Å². The number of nitrogens with zero attached hydrogens (tertiary/aromatic N) is 1. The van der Waals surface area contributed by atoms with Crippen LogP contribution in [0.25, 0.3) is 33.4 Å². The Kier molecular flexibility index (Phi) is 15.6. The van der Waals surface area contributed by atoms with Gasteiger partial charge in [-0.1, -0.05) is 104 Å². The third-order valence-corrected chi connectivity index (χ3v) is 12.0. The van der Waals surface area contributed by atoms with Crippen molar-refractivity contribution in [2.75, 3.05) is 13.6 Å². The number of phenols is 2. The standard InChI is InChI=1S/C52H55N3O9/c1-32-27-48(60)49(39-23-25-47(59)43(31-39)42-28-33(14-24-46(42)58)29-44(52(63)64)54-50(32)61)55(2)51(62)40(11-6-7-26-53)30-41(56)12-8-13-45(57)38-21-19-37(20-22-38)36-17-15-35(16-18-36)34-9-4-3-5-10-34/h3-5,9-10,14-25,28,31-32,40,44,49,58-59H,6-8,11-13,26-27,29-30,53H2,1-2H3,(H,54,61)(H,63,64)/t32-,40?,44+,49+/m1/s1. The lowest BCUT2D eigenvalue weighted by Crippen LogP contribution is -2.45. The molecule has 1 heterocycles. The van der Waals surface area contributed by atoms with Gasteiger partial charge in [0.15, 0.2) is 11.6 Å². The fraction of sp³-hybridized carbons (Fsp3) is 0.308. The highest BCUT2D eigenvalue weighted by Crippen LogP contribution is 2.40. The molecule has 332 valence electrons. The molecule has 4 atom stereocenters. The van der Waals surface area contributed by atoms with Crippen molar-refractivity contribution in [3.63, 3.8) is 0 Å². The van der Waals surface area contributed by atoms with E-state index >= 15 is 0 Å². The van der Waals surface area contributed by atoms with E-state index in [4.69, 9.17) is 5.73 Å². The minimum atomic E-state index is -1.35. The van der Waals surface area contributed by atoms with E-state index in [-0.39, 0.29) is 72.7 Å². The molecule has 5 aromatic carbocycles. The second-order valence-corrected chi connectivity index (χ2v) is 16.7. The number of rotatable bonds is 16. The molecule has 6 N–H and O–H groups in total. The summed E-state index contributed by atoms with van der Waals surface area (Å²) in [5.41, 5.74) is 11.6. The number of aromatic hydroxyl groups is 2. The fourth-order valence-electron chi connectivity index (χ4n) is 8.31. The fourth-order valence-corrected chi connectivity index (χ4v) is 8.31. The van der Waals surface area contributed by atoms with Crippen LogP contribution >= 0.6 is 0 Å². The largest absolute Gasteiger partial charge is 0.507 e. The van der Waals surface area contributed by atoms with Crippen LogP contribution in [0.3, 0.4) is 0 Å². The predicted octanol–water partition coefficient (Wildman–Crippen LogP) is 8.08. The quantitative estimate of drug-likeness (QED) is 0.0477. The number of hydrogen-bond donors (Lipinski definition) is 5. The number of carbonyl (C=O) groups is 6.